The van der Waals surface area contributed by atoms with Crippen molar-refractivity contribution in [2.45, 2.75) is 64.8 Å². The van der Waals surface area contributed by atoms with Crippen molar-refractivity contribution in [1.29, 1.82) is 0 Å². The molecule has 1 saturated carbocycles. The maximum Gasteiger partial charge on any atom is 0.408 e. The first-order valence-corrected chi connectivity index (χ1v) is 10.7. The highest BCUT2D eigenvalue weighted by Gasteiger charge is 2.47. The standard InChI is InChI=1S/C23H33N3O6/c1-14-12-17(14)26(21(29)15(2)25-22(30)32-23(3,4)5)19(16-10-8-7-9-11-16)20(28)24-13-18(27)31-6/h7-11,14-15,17,19H,12-13H2,1-6H3,(H,24,28)(H,25,30). The Morgan fingerprint density at radius 3 is 2.25 bits per heavy atom. The van der Waals surface area contributed by atoms with E-state index in [2.05, 4.69) is 15.4 Å². The number of rotatable bonds is 8. The first-order valence-electron chi connectivity index (χ1n) is 10.7. The van der Waals surface area contributed by atoms with E-state index in [9.17, 15) is 19.2 Å². The van der Waals surface area contributed by atoms with Gasteiger partial charge in [-0.1, -0.05) is 37.3 Å². The van der Waals surface area contributed by atoms with Crippen LogP contribution in [0.5, 0.6) is 0 Å². The number of alkyl carbamates (subject to hydrolysis) is 1. The number of amides is 3. The van der Waals surface area contributed by atoms with Crippen LogP contribution in [-0.2, 0) is 23.9 Å². The normalized spacial score (nSPS) is 19.2. The summed E-state index contributed by atoms with van der Waals surface area (Å²) in [6.45, 7) is 8.43. The molecular formula is C23H33N3O6. The van der Waals surface area contributed by atoms with Crippen molar-refractivity contribution in [3.05, 3.63) is 35.9 Å². The number of carbonyl (C=O) groups is 4. The molecule has 9 nitrogen and oxygen atoms in total. The minimum atomic E-state index is -0.966. The molecule has 0 saturated heterocycles. The summed E-state index contributed by atoms with van der Waals surface area (Å²) < 4.78 is 9.85. The largest absolute Gasteiger partial charge is 0.468 e. The van der Waals surface area contributed by atoms with E-state index in [1.54, 1.807) is 52.0 Å². The zero-order valence-corrected chi connectivity index (χ0v) is 19.5. The molecule has 2 rings (SSSR count). The van der Waals surface area contributed by atoms with Crippen molar-refractivity contribution >= 4 is 23.9 Å². The molecule has 176 valence electrons. The molecule has 1 fully saturated rings. The number of hydrogen-bond donors (Lipinski definition) is 2. The Morgan fingerprint density at radius 2 is 1.75 bits per heavy atom. The molecular weight excluding hydrogens is 414 g/mol. The van der Waals surface area contributed by atoms with Crippen LogP contribution in [0.3, 0.4) is 0 Å². The minimum Gasteiger partial charge on any atom is -0.468 e. The summed E-state index contributed by atoms with van der Waals surface area (Å²) in [5.41, 5.74) is -0.107. The Morgan fingerprint density at radius 1 is 1.16 bits per heavy atom. The molecule has 9 heteroatoms. The van der Waals surface area contributed by atoms with Crippen molar-refractivity contribution in [3.8, 4) is 0 Å². The van der Waals surface area contributed by atoms with Crippen LogP contribution in [-0.4, -0.2) is 60.1 Å². The van der Waals surface area contributed by atoms with Gasteiger partial charge in [0.1, 0.15) is 24.2 Å². The molecule has 3 amide bonds. The second kappa shape index (κ2) is 10.5. The Labute approximate surface area is 188 Å². The highest BCUT2D eigenvalue weighted by atomic mass is 16.6. The van der Waals surface area contributed by atoms with Crippen molar-refractivity contribution in [1.82, 2.24) is 15.5 Å². The van der Waals surface area contributed by atoms with Gasteiger partial charge in [0.25, 0.3) is 0 Å². The Balaban J connectivity index is 2.30. The third-order valence-corrected chi connectivity index (χ3v) is 5.06. The Bertz CT molecular complexity index is 836. The van der Waals surface area contributed by atoms with Crippen LogP contribution >= 0.6 is 0 Å². The van der Waals surface area contributed by atoms with Gasteiger partial charge in [-0.25, -0.2) is 4.79 Å². The molecule has 4 unspecified atom stereocenters. The number of hydrogen-bond acceptors (Lipinski definition) is 6. The second-order valence-electron chi connectivity index (χ2n) is 9.00. The third kappa shape index (κ3) is 6.96. The molecule has 1 aliphatic rings. The average molecular weight is 448 g/mol. The summed E-state index contributed by atoms with van der Waals surface area (Å²) in [7, 11) is 1.23. The average Bonchev–Trinajstić information content (AvgIpc) is 3.44. The first-order chi connectivity index (χ1) is 14.9. The summed E-state index contributed by atoms with van der Waals surface area (Å²) in [4.78, 5) is 51.9. The van der Waals surface area contributed by atoms with Crippen molar-refractivity contribution in [2.75, 3.05) is 13.7 Å². The molecule has 0 bridgehead atoms. The highest BCUT2D eigenvalue weighted by molar-refractivity contribution is 5.93. The van der Waals surface area contributed by atoms with Gasteiger partial charge in [0.15, 0.2) is 0 Å². The lowest BCUT2D eigenvalue weighted by Crippen LogP contribution is -2.53. The zero-order valence-electron chi connectivity index (χ0n) is 19.5. The van der Waals surface area contributed by atoms with Crippen molar-refractivity contribution in [3.63, 3.8) is 0 Å². The topological polar surface area (TPSA) is 114 Å². The number of ether oxygens (including phenoxy) is 2. The molecule has 2 N–H and O–H groups in total. The maximum absolute atomic E-state index is 13.5. The quantitative estimate of drug-likeness (QED) is 0.591. The molecule has 0 radical (unpaired) electrons. The van der Waals surface area contributed by atoms with E-state index in [0.29, 0.717) is 5.56 Å². The monoisotopic (exact) mass is 447 g/mol. The molecule has 0 aromatic heterocycles. The fraction of sp³-hybridized carbons (Fsp3) is 0.565. The van der Waals surface area contributed by atoms with Gasteiger partial charge in [-0.3, -0.25) is 14.4 Å². The van der Waals surface area contributed by atoms with Gasteiger partial charge in [-0.2, -0.15) is 0 Å². The lowest BCUT2D eigenvalue weighted by Gasteiger charge is -2.34. The number of benzene rings is 1. The van der Waals surface area contributed by atoms with E-state index in [4.69, 9.17) is 4.74 Å². The van der Waals surface area contributed by atoms with E-state index in [1.807, 2.05) is 13.0 Å². The lowest BCUT2D eigenvalue weighted by atomic mass is 10.0. The predicted molar refractivity (Wildman–Crippen MR) is 117 cm³/mol. The van der Waals surface area contributed by atoms with Gasteiger partial charge in [0.05, 0.1) is 7.11 Å². The van der Waals surface area contributed by atoms with Gasteiger partial charge in [-0.15, -0.1) is 0 Å². The molecule has 1 aromatic rings. The molecule has 1 aromatic carbocycles. The SMILES string of the molecule is COC(=O)CNC(=O)C(c1ccccc1)N(C(=O)C(C)NC(=O)OC(C)(C)C)C1CC1C. The van der Waals surface area contributed by atoms with Crippen LogP contribution in [0.4, 0.5) is 4.79 Å². The van der Waals surface area contributed by atoms with E-state index in [1.165, 1.54) is 12.0 Å². The second-order valence-corrected chi connectivity index (χ2v) is 9.00. The van der Waals surface area contributed by atoms with Crippen LogP contribution in [0.15, 0.2) is 30.3 Å². The number of carbonyl (C=O) groups excluding carboxylic acids is 4. The molecule has 0 spiro atoms. The number of nitrogens with zero attached hydrogens (tertiary/aromatic N) is 1. The van der Waals surface area contributed by atoms with Gasteiger partial charge in [0, 0.05) is 6.04 Å². The number of methoxy groups -OCH3 is 1. The minimum absolute atomic E-state index is 0.167. The van der Waals surface area contributed by atoms with Crippen LogP contribution in [0, 0.1) is 5.92 Å². The van der Waals surface area contributed by atoms with Gasteiger partial charge in [-0.05, 0) is 45.6 Å². The predicted octanol–water partition coefficient (Wildman–Crippen LogP) is 2.17. The molecule has 0 heterocycles. The van der Waals surface area contributed by atoms with Gasteiger partial charge in [0.2, 0.25) is 11.8 Å². The summed E-state index contributed by atoms with van der Waals surface area (Å²) in [5.74, 6) is -1.30. The number of esters is 1. The van der Waals surface area contributed by atoms with Crippen LogP contribution < -0.4 is 10.6 Å². The molecule has 0 aliphatic heterocycles. The summed E-state index contributed by atoms with van der Waals surface area (Å²) in [6.07, 6.45) is 0.0203. The molecule has 4 atom stereocenters. The van der Waals surface area contributed by atoms with E-state index in [0.717, 1.165) is 6.42 Å². The van der Waals surface area contributed by atoms with Crippen molar-refractivity contribution < 1.29 is 28.7 Å². The van der Waals surface area contributed by atoms with Gasteiger partial charge < -0.3 is 25.0 Å². The zero-order chi connectivity index (χ0) is 24.1. The summed E-state index contributed by atoms with van der Waals surface area (Å²) in [6, 6.07) is 6.81. The molecule has 32 heavy (non-hydrogen) atoms. The fourth-order valence-corrected chi connectivity index (χ4v) is 3.34. The third-order valence-electron chi connectivity index (χ3n) is 5.06. The highest BCUT2D eigenvalue weighted by Crippen LogP contribution is 2.40. The van der Waals surface area contributed by atoms with E-state index < -0.39 is 41.6 Å². The lowest BCUT2D eigenvalue weighted by molar-refractivity contribution is -0.145. The van der Waals surface area contributed by atoms with E-state index >= 15 is 0 Å². The van der Waals surface area contributed by atoms with Crippen LogP contribution in [0.2, 0.25) is 0 Å². The van der Waals surface area contributed by atoms with Crippen LogP contribution in [0.1, 0.15) is 52.6 Å². The number of nitrogens with one attached hydrogen (secondary N) is 2. The van der Waals surface area contributed by atoms with Gasteiger partial charge >= 0.3 is 12.1 Å². The maximum atomic E-state index is 13.5. The van der Waals surface area contributed by atoms with Crippen molar-refractivity contribution in [2.24, 2.45) is 5.92 Å². The Kier molecular flexibility index (Phi) is 8.24. The van der Waals surface area contributed by atoms with Crippen LogP contribution in [0.25, 0.3) is 0 Å². The summed E-state index contributed by atoms with van der Waals surface area (Å²) >= 11 is 0. The van der Waals surface area contributed by atoms with E-state index in [-0.39, 0.29) is 18.5 Å². The fourth-order valence-electron chi connectivity index (χ4n) is 3.34. The first kappa shape index (κ1) is 25.2. The molecule has 1 aliphatic carbocycles. The summed E-state index contributed by atoms with van der Waals surface area (Å²) in [5, 5.41) is 5.12. The smallest absolute Gasteiger partial charge is 0.408 e. The Hall–Kier alpha value is -3.10.